The summed E-state index contributed by atoms with van der Waals surface area (Å²) >= 11 is 3.37. The van der Waals surface area contributed by atoms with E-state index >= 15 is 0 Å². The molecule has 0 aromatic heterocycles. The third-order valence-corrected chi connectivity index (χ3v) is 4.82. The van der Waals surface area contributed by atoms with Gasteiger partial charge < -0.3 is 14.8 Å². The maximum atomic E-state index is 12.6. The van der Waals surface area contributed by atoms with E-state index in [1.165, 1.54) is 4.90 Å². The highest BCUT2D eigenvalue weighted by atomic mass is 79.9. The summed E-state index contributed by atoms with van der Waals surface area (Å²) in [6.07, 6.45) is 0.204. The van der Waals surface area contributed by atoms with Gasteiger partial charge in [-0.1, -0.05) is 22.0 Å². The Bertz CT molecular complexity index is 855. The summed E-state index contributed by atoms with van der Waals surface area (Å²) in [5.41, 5.74) is 1.62. The van der Waals surface area contributed by atoms with Crippen LogP contribution >= 0.6 is 15.9 Å². The first kappa shape index (κ1) is 16.1. The minimum Gasteiger partial charge on any atom is -0.454 e. The Morgan fingerprint density at radius 1 is 1.12 bits per heavy atom. The Hall–Kier alpha value is -2.38. The molecule has 2 aliphatic rings. The fourth-order valence-electron chi connectivity index (χ4n) is 3.07. The van der Waals surface area contributed by atoms with Crippen molar-refractivity contribution in [2.24, 2.45) is 0 Å². The van der Waals surface area contributed by atoms with E-state index in [-0.39, 0.29) is 25.0 Å². The van der Waals surface area contributed by atoms with Gasteiger partial charge in [-0.25, -0.2) is 4.90 Å². The predicted molar refractivity (Wildman–Crippen MR) is 93.2 cm³/mol. The lowest BCUT2D eigenvalue weighted by atomic mass is 10.1. The number of benzene rings is 2. The first-order chi connectivity index (χ1) is 12.1. The van der Waals surface area contributed by atoms with Crippen LogP contribution in [0.15, 0.2) is 46.9 Å². The van der Waals surface area contributed by atoms with Crippen LogP contribution < -0.4 is 19.7 Å². The molecule has 2 aromatic rings. The minimum absolute atomic E-state index is 0.171. The zero-order chi connectivity index (χ0) is 17.4. The van der Waals surface area contributed by atoms with Gasteiger partial charge in [0, 0.05) is 10.0 Å². The van der Waals surface area contributed by atoms with Gasteiger partial charge in [0.25, 0.3) is 5.91 Å². The van der Waals surface area contributed by atoms with Crippen LogP contribution in [0.5, 0.6) is 11.5 Å². The lowest BCUT2D eigenvalue weighted by Crippen LogP contribution is -2.90. The zero-order valence-corrected chi connectivity index (χ0v) is 14.9. The Kier molecular flexibility index (Phi) is 4.19. The van der Waals surface area contributed by atoms with E-state index in [0.29, 0.717) is 12.2 Å². The molecule has 2 aliphatic heterocycles. The molecule has 2 aromatic carbocycles. The van der Waals surface area contributed by atoms with Crippen molar-refractivity contribution in [3.8, 4) is 11.5 Å². The molecule has 4 rings (SSSR count). The van der Waals surface area contributed by atoms with Crippen LogP contribution in [0.3, 0.4) is 0 Å². The largest absolute Gasteiger partial charge is 0.454 e. The maximum absolute atomic E-state index is 12.6. The molecule has 1 fully saturated rings. The number of quaternary nitrogens is 1. The molecule has 0 radical (unpaired) electrons. The van der Waals surface area contributed by atoms with Crippen molar-refractivity contribution in [2.75, 3.05) is 11.7 Å². The average Bonchev–Trinajstić information content (AvgIpc) is 3.16. The number of hydrogen-bond donors (Lipinski definition) is 1. The quantitative estimate of drug-likeness (QED) is 0.786. The number of carbonyl (C=O) groups is 2. The lowest BCUT2D eigenvalue weighted by molar-refractivity contribution is -0.690. The molecule has 2 heterocycles. The van der Waals surface area contributed by atoms with Crippen molar-refractivity contribution in [1.29, 1.82) is 0 Å². The van der Waals surface area contributed by atoms with Crippen molar-refractivity contribution in [1.82, 2.24) is 0 Å². The van der Waals surface area contributed by atoms with Gasteiger partial charge in [-0.15, -0.1) is 0 Å². The molecule has 0 bridgehead atoms. The lowest BCUT2D eigenvalue weighted by Gasteiger charge is -2.14. The highest BCUT2D eigenvalue weighted by Crippen LogP contribution is 2.32. The van der Waals surface area contributed by atoms with E-state index in [9.17, 15) is 9.59 Å². The van der Waals surface area contributed by atoms with E-state index in [1.807, 2.05) is 35.6 Å². The van der Waals surface area contributed by atoms with Crippen LogP contribution in [0.2, 0.25) is 0 Å². The Morgan fingerprint density at radius 2 is 1.96 bits per heavy atom. The Morgan fingerprint density at radius 3 is 2.80 bits per heavy atom. The summed E-state index contributed by atoms with van der Waals surface area (Å²) in [5.74, 6) is 1.10. The fourth-order valence-corrected chi connectivity index (χ4v) is 3.46. The summed E-state index contributed by atoms with van der Waals surface area (Å²) in [5, 5.41) is 1.90. The summed E-state index contributed by atoms with van der Waals surface area (Å²) < 4.78 is 11.5. The summed E-state index contributed by atoms with van der Waals surface area (Å²) in [6.45, 7) is 0.826. The van der Waals surface area contributed by atoms with Gasteiger partial charge >= 0.3 is 0 Å². The second kappa shape index (κ2) is 6.50. The van der Waals surface area contributed by atoms with Crippen LogP contribution in [0.4, 0.5) is 5.69 Å². The molecule has 0 spiro atoms. The molecule has 128 valence electrons. The molecule has 1 saturated heterocycles. The third kappa shape index (κ3) is 3.12. The summed E-state index contributed by atoms with van der Waals surface area (Å²) in [6, 6.07) is 12.5. The average molecular weight is 404 g/mol. The summed E-state index contributed by atoms with van der Waals surface area (Å²) in [4.78, 5) is 26.2. The second-order valence-electron chi connectivity index (χ2n) is 5.99. The maximum Gasteiger partial charge on any atom is 0.292 e. The van der Waals surface area contributed by atoms with E-state index in [1.54, 1.807) is 12.1 Å². The third-order valence-electron chi connectivity index (χ3n) is 4.32. The number of nitrogens with two attached hydrogens (primary N) is 1. The normalized spacial score (nSPS) is 18.9. The number of ether oxygens (including phenoxy) is 2. The molecule has 1 atom stereocenters. The van der Waals surface area contributed by atoms with E-state index in [4.69, 9.17) is 9.47 Å². The van der Waals surface area contributed by atoms with Gasteiger partial charge in [-0.05, 0) is 36.4 Å². The number of nitrogens with zero attached hydrogens (tertiary/aromatic N) is 1. The predicted octanol–water partition coefficient (Wildman–Crippen LogP) is 1.57. The number of rotatable bonds is 4. The minimum atomic E-state index is -0.406. The monoisotopic (exact) mass is 403 g/mol. The van der Waals surface area contributed by atoms with Gasteiger partial charge in [0.15, 0.2) is 17.5 Å². The first-order valence-electron chi connectivity index (χ1n) is 7.96. The second-order valence-corrected chi connectivity index (χ2v) is 6.90. The van der Waals surface area contributed by atoms with Crippen LogP contribution in [0.1, 0.15) is 12.0 Å². The van der Waals surface area contributed by atoms with Crippen molar-refractivity contribution < 1.29 is 24.4 Å². The highest BCUT2D eigenvalue weighted by Gasteiger charge is 2.42. The Labute approximate surface area is 152 Å². The zero-order valence-electron chi connectivity index (χ0n) is 13.3. The van der Waals surface area contributed by atoms with Crippen LogP contribution in [-0.2, 0) is 16.1 Å². The van der Waals surface area contributed by atoms with Gasteiger partial charge in [-0.2, -0.15) is 0 Å². The van der Waals surface area contributed by atoms with Crippen molar-refractivity contribution >= 4 is 33.4 Å². The first-order valence-corrected chi connectivity index (χ1v) is 8.75. The van der Waals surface area contributed by atoms with Crippen molar-refractivity contribution in [2.45, 2.75) is 19.0 Å². The molecular weight excluding hydrogens is 388 g/mol. The molecular formula is C18H16BrN2O4+. The van der Waals surface area contributed by atoms with Gasteiger partial charge in [0.1, 0.15) is 6.54 Å². The topological polar surface area (TPSA) is 72.5 Å². The van der Waals surface area contributed by atoms with Crippen LogP contribution in [0, 0.1) is 0 Å². The van der Waals surface area contributed by atoms with E-state index in [2.05, 4.69) is 15.9 Å². The number of amides is 2. The number of halogens is 1. The molecule has 0 aliphatic carbocycles. The number of anilines is 1. The molecule has 25 heavy (non-hydrogen) atoms. The molecule has 6 nitrogen and oxygen atoms in total. The molecule has 0 saturated carbocycles. The standard InChI is InChI=1S/C18H15BrN2O4/c19-12-2-1-3-13(7-12)21-17(22)8-14(18(21)23)20-9-11-4-5-15-16(6-11)25-10-24-15/h1-7,14,20H,8-10H2/p+1. The SMILES string of the molecule is O=C1CC([NH2+]Cc2ccc3c(c2)OCO3)C(=O)N1c1cccc(Br)c1. The number of imide groups is 1. The highest BCUT2D eigenvalue weighted by molar-refractivity contribution is 9.10. The van der Waals surface area contributed by atoms with Crippen molar-refractivity contribution in [3.05, 3.63) is 52.5 Å². The van der Waals surface area contributed by atoms with E-state index < -0.39 is 6.04 Å². The molecule has 7 heteroatoms. The van der Waals surface area contributed by atoms with Crippen LogP contribution in [0.25, 0.3) is 0 Å². The molecule has 2 N–H and O–H groups in total. The number of fused-ring (bicyclic) bond motifs is 1. The number of carbonyl (C=O) groups excluding carboxylic acids is 2. The Balaban J connectivity index is 1.45. The number of hydrogen-bond acceptors (Lipinski definition) is 4. The molecule has 1 unspecified atom stereocenters. The van der Waals surface area contributed by atoms with Crippen molar-refractivity contribution in [3.63, 3.8) is 0 Å². The fraction of sp³-hybridized carbons (Fsp3) is 0.222. The molecule has 2 amide bonds. The van der Waals surface area contributed by atoms with Crippen LogP contribution in [-0.4, -0.2) is 24.6 Å². The van der Waals surface area contributed by atoms with Gasteiger partial charge in [0.05, 0.1) is 12.1 Å². The summed E-state index contributed by atoms with van der Waals surface area (Å²) in [7, 11) is 0. The smallest absolute Gasteiger partial charge is 0.292 e. The van der Waals surface area contributed by atoms with Gasteiger partial charge in [-0.3, -0.25) is 9.59 Å². The van der Waals surface area contributed by atoms with E-state index in [0.717, 1.165) is 21.5 Å². The van der Waals surface area contributed by atoms with Gasteiger partial charge in [0.2, 0.25) is 12.7 Å².